The molecule has 0 fully saturated rings. The van der Waals surface area contributed by atoms with Gasteiger partial charge in [-0.25, -0.2) is 9.97 Å². The number of aromatic amines is 1. The summed E-state index contributed by atoms with van der Waals surface area (Å²) in [4.78, 5) is 29.7. The van der Waals surface area contributed by atoms with Crippen LogP contribution in [0.1, 0.15) is 11.3 Å². The molecule has 30 heavy (non-hydrogen) atoms. The molecule has 2 N–H and O–H groups in total. The van der Waals surface area contributed by atoms with E-state index in [2.05, 4.69) is 20.3 Å². The lowest BCUT2D eigenvalue weighted by Crippen LogP contribution is -2.23. The van der Waals surface area contributed by atoms with Gasteiger partial charge in [0.2, 0.25) is 6.41 Å². The SMILES string of the molecule is O=CN(Cc1cccnc1)c1ccc(-c2ccccc2)nc1NCCc1cnc[nH]1. The summed E-state index contributed by atoms with van der Waals surface area (Å²) in [5, 5.41) is 3.39. The topological polar surface area (TPSA) is 86.8 Å². The molecule has 0 radical (unpaired) electrons. The number of hydrogen-bond donors (Lipinski definition) is 2. The Morgan fingerprint density at radius 1 is 1.00 bits per heavy atom. The lowest BCUT2D eigenvalue weighted by atomic mass is 10.1. The Hall–Kier alpha value is -4.00. The smallest absolute Gasteiger partial charge is 0.214 e. The molecule has 0 aliphatic heterocycles. The van der Waals surface area contributed by atoms with E-state index in [1.807, 2.05) is 54.6 Å². The number of pyridine rings is 2. The molecule has 0 aliphatic rings. The van der Waals surface area contributed by atoms with E-state index in [9.17, 15) is 4.79 Å². The Bertz CT molecular complexity index is 1070. The van der Waals surface area contributed by atoms with Crippen LogP contribution in [0.15, 0.2) is 79.5 Å². The Labute approximate surface area is 174 Å². The molecule has 150 valence electrons. The molecule has 7 heteroatoms. The van der Waals surface area contributed by atoms with E-state index >= 15 is 0 Å². The van der Waals surface area contributed by atoms with Crippen LogP contribution in [0, 0.1) is 0 Å². The van der Waals surface area contributed by atoms with Crippen molar-refractivity contribution in [1.82, 2.24) is 19.9 Å². The van der Waals surface area contributed by atoms with Gasteiger partial charge in [-0.3, -0.25) is 9.78 Å². The molecule has 0 aliphatic carbocycles. The first-order valence-corrected chi connectivity index (χ1v) is 9.72. The van der Waals surface area contributed by atoms with Gasteiger partial charge in [0, 0.05) is 42.8 Å². The second-order valence-electron chi connectivity index (χ2n) is 6.78. The molecule has 3 heterocycles. The maximum absolute atomic E-state index is 11.9. The Kier molecular flexibility index (Phi) is 6.10. The molecule has 1 aromatic carbocycles. The van der Waals surface area contributed by atoms with Crippen LogP contribution in [0.2, 0.25) is 0 Å². The van der Waals surface area contributed by atoms with Crippen molar-refractivity contribution in [2.75, 3.05) is 16.8 Å². The molecular formula is C23H22N6O. The molecule has 0 bridgehead atoms. The minimum Gasteiger partial charge on any atom is -0.368 e. The minimum atomic E-state index is 0.416. The molecule has 0 unspecified atom stereocenters. The van der Waals surface area contributed by atoms with Crippen LogP contribution in [-0.4, -0.2) is 32.9 Å². The fourth-order valence-electron chi connectivity index (χ4n) is 3.19. The average molecular weight is 398 g/mol. The fourth-order valence-corrected chi connectivity index (χ4v) is 3.19. The first-order chi connectivity index (χ1) is 14.8. The summed E-state index contributed by atoms with van der Waals surface area (Å²) in [5.41, 5.74) is 4.56. The highest BCUT2D eigenvalue weighted by molar-refractivity contribution is 5.83. The first-order valence-electron chi connectivity index (χ1n) is 9.72. The van der Waals surface area contributed by atoms with Crippen LogP contribution in [0.5, 0.6) is 0 Å². The maximum atomic E-state index is 11.9. The van der Waals surface area contributed by atoms with E-state index in [0.717, 1.165) is 41.0 Å². The van der Waals surface area contributed by atoms with Gasteiger partial charge >= 0.3 is 0 Å². The number of aromatic nitrogens is 4. The molecule has 7 nitrogen and oxygen atoms in total. The zero-order valence-corrected chi connectivity index (χ0v) is 16.4. The predicted molar refractivity (Wildman–Crippen MR) is 117 cm³/mol. The number of rotatable bonds is 9. The van der Waals surface area contributed by atoms with Crippen molar-refractivity contribution < 1.29 is 4.79 Å². The fraction of sp³-hybridized carbons (Fsp3) is 0.130. The molecule has 0 saturated carbocycles. The van der Waals surface area contributed by atoms with Crippen LogP contribution in [-0.2, 0) is 17.8 Å². The third-order valence-corrected chi connectivity index (χ3v) is 4.70. The molecule has 0 atom stereocenters. The van der Waals surface area contributed by atoms with Crippen molar-refractivity contribution in [3.05, 3.63) is 90.8 Å². The van der Waals surface area contributed by atoms with Crippen molar-refractivity contribution >= 4 is 17.9 Å². The van der Waals surface area contributed by atoms with Crippen LogP contribution < -0.4 is 10.2 Å². The van der Waals surface area contributed by atoms with E-state index in [4.69, 9.17) is 4.98 Å². The second-order valence-corrected chi connectivity index (χ2v) is 6.78. The van der Waals surface area contributed by atoms with Crippen LogP contribution in [0.4, 0.5) is 11.5 Å². The number of nitrogens with zero attached hydrogens (tertiary/aromatic N) is 4. The van der Waals surface area contributed by atoms with Crippen LogP contribution >= 0.6 is 0 Å². The van der Waals surface area contributed by atoms with Gasteiger partial charge in [-0.2, -0.15) is 0 Å². The molecule has 3 aromatic heterocycles. The van der Waals surface area contributed by atoms with E-state index < -0.39 is 0 Å². The number of anilines is 2. The number of hydrogen-bond acceptors (Lipinski definition) is 5. The highest BCUT2D eigenvalue weighted by atomic mass is 16.1. The van der Waals surface area contributed by atoms with Gasteiger partial charge in [0.15, 0.2) is 5.82 Å². The third kappa shape index (κ3) is 4.70. The van der Waals surface area contributed by atoms with Gasteiger partial charge in [0.25, 0.3) is 0 Å². The van der Waals surface area contributed by atoms with Crippen molar-refractivity contribution in [3.63, 3.8) is 0 Å². The van der Waals surface area contributed by atoms with E-state index in [1.165, 1.54) is 0 Å². The lowest BCUT2D eigenvalue weighted by molar-refractivity contribution is -0.107. The molecule has 0 spiro atoms. The van der Waals surface area contributed by atoms with Gasteiger partial charge in [-0.1, -0.05) is 36.4 Å². The highest BCUT2D eigenvalue weighted by Crippen LogP contribution is 2.28. The largest absolute Gasteiger partial charge is 0.368 e. The predicted octanol–water partition coefficient (Wildman–Crippen LogP) is 3.68. The number of H-pyrrole nitrogens is 1. The standard InChI is InChI=1S/C23H22N6O/c30-17-29(15-18-5-4-11-24-13-18)22-9-8-21(19-6-2-1-3-7-19)28-23(22)26-12-10-20-14-25-16-27-20/h1-9,11,13-14,16-17H,10,12,15H2,(H,25,27)(H,26,28). The summed E-state index contributed by atoms with van der Waals surface area (Å²) in [6.07, 6.45) is 8.53. The molecule has 4 aromatic rings. The number of amides is 1. The minimum absolute atomic E-state index is 0.416. The summed E-state index contributed by atoms with van der Waals surface area (Å²) < 4.78 is 0. The van der Waals surface area contributed by atoms with Crippen LogP contribution in [0.3, 0.4) is 0 Å². The van der Waals surface area contributed by atoms with E-state index in [-0.39, 0.29) is 0 Å². The molecule has 0 saturated heterocycles. The molecule has 1 amide bonds. The summed E-state index contributed by atoms with van der Waals surface area (Å²) >= 11 is 0. The Morgan fingerprint density at radius 2 is 1.90 bits per heavy atom. The molecule has 4 rings (SSSR count). The normalized spacial score (nSPS) is 10.5. The van der Waals surface area contributed by atoms with Gasteiger partial charge < -0.3 is 15.2 Å². The Morgan fingerprint density at radius 3 is 2.63 bits per heavy atom. The van der Waals surface area contributed by atoms with Gasteiger partial charge in [-0.05, 0) is 23.8 Å². The van der Waals surface area contributed by atoms with Crippen molar-refractivity contribution in [2.45, 2.75) is 13.0 Å². The van der Waals surface area contributed by atoms with Gasteiger partial charge in [0.1, 0.15) is 0 Å². The first kappa shape index (κ1) is 19.3. The number of carbonyl (C=O) groups excluding carboxylic acids is 1. The number of carbonyl (C=O) groups is 1. The van der Waals surface area contributed by atoms with Crippen LogP contribution in [0.25, 0.3) is 11.3 Å². The third-order valence-electron chi connectivity index (χ3n) is 4.70. The quantitative estimate of drug-likeness (QED) is 0.420. The summed E-state index contributed by atoms with van der Waals surface area (Å²) in [6, 6.07) is 17.6. The van der Waals surface area contributed by atoms with Crippen molar-refractivity contribution in [1.29, 1.82) is 0 Å². The average Bonchev–Trinajstić information content (AvgIpc) is 3.32. The zero-order valence-electron chi connectivity index (χ0n) is 16.4. The summed E-state index contributed by atoms with van der Waals surface area (Å²) in [7, 11) is 0. The monoisotopic (exact) mass is 398 g/mol. The number of imidazole rings is 1. The number of nitrogens with one attached hydrogen (secondary N) is 2. The van der Waals surface area contributed by atoms with Crippen molar-refractivity contribution in [2.24, 2.45) is 0 Å². The molecular weight excluding hydrogens is 376 g/mol. The van der Waals surface area contributed by atoms with E-state index in [0.29, 0.717) is 18.9 Å². The second kappa shape index (κ2) is 9.47. The highest BCUT2D eigenvalue weighted by Gasteiger charge is 2.14. The van der Waals surface area contributed by atoms with Crippen molar-refractivity contribution in [3.8, 4) is 11.3 Å². The zero-order chi connectivity index (χ0) is 20.6. The summed E-state index contributed by atoms with van der Waals surface area (Å²) in [6.45, 7) is 1.07. The van der Waals surface area contributed by atoms with Gasteiger partial charge in [-0.15, -0.1) is 0 Å². The van der Waals surface area contributed by atoms with Gasteiger partial charge in [0.05, 0.1) is 24.3 Å². The van der Waals surface area contributed by atoms with E-state index in [1.54, 1.807) is 29.8 Å². The maximum Gasteiger partial charge on any atom is 0.214 e. The summed E-state index contributed by atoms with van der Waals surface area (Å²) in [5.74, 6) is 0.659. The number of benzene rings is 1. The lowest BCUT2D eigenvalue weighted by Gasteiger charge is -2.21. The Balaban J connectivity index is 1.62.